The monoisotopic (exact) mass is 432 g/mol. The molecule has 1 aromatic heterocycles. The molecule has 0 aliphatic rings. The fourth-order valence-corrected chi connectivity index (χ4v) is 2.99. The number of nitrogens with one attached hydrogen (secondary N) is 1. The van der Waals surface area contributed by atoms with Gasteiger partial charge in [0.05, 0.1) is 10.5 Å². The van der Waals surface area contributed by atoms with E-state index in [0.717, 1.165) is 12.3 Å². The molecule has 0 amide bonds. The van der Waals surface area contributed by atoms with Crippen molar-refractivity contribution in [1.29, 1.82) is 0 Å². The standard InChI is InChI=1S/C15H11F7N2O3S/c16-12-2-1-10(6-11(12)15(20,21)22)28(25,26)24-7-9-3-4-23-13(5-9)27-8-14(17,18)19/h1-6,24H,7-8H2. The molecule has 0 radical (unpaired) electrons. The van der Waals surface area contributed by atoms with Crippen molar-refractivity contribution in [2.75, 3.05) is 6.61 Å². The molecule has 0 aliphatic heterocycles. The Hall–Kier alpha value is -2.41. The van der Waals surface area contributed by atoms with E-state index in [1.165, 1.54) is 6.07 Å². The third-order valence-electron chi connectivity index (χ3n) is 3.20. The lowest BCUT2D eigenvalue weighted by molar-refractivity contribution is -0.154. The number of aromatic nitrogens is 1. The van der Waals surface area contributed by atoms with E-state index >= 15 is 0 Å². The highest BCUT2D eigenvalue weighted by molar-refractivity contribution is 7.89. The summed E-state index contributed by atoms with van der Waals surface area (Å²) in [6.07, 6.45) is -8.63. The van der Waals surface area contributed by atoms with Crippen molar-refractivity contribution in [3.63, 3.8) is 0 Å². The summed E-state index contributed by atoms with van der Waals surface area (Å²) < 4.78 is 118. The van der Waals surface area contributed by atoms with Gasteiger partial charge in [0.25, 0.3) is 0 Å². The second-order valence-corrected chi connectivity index (χ2v) is 7.14. The van der Waals surface area contributed by atoms with Crippen molar-refractivity contribution in [1.82, 2.24) is 9.71 Å². The number of sulfonamides is 1. The predicted octanol–water partition coefficient (Wildman–Crippen LogP) is 3.66. The zero-order valence-electron chi connectivity index (χ0n) is 13.6. The van der Waals surface area contributed by atoms with E-state index in [4.69, 9.17) is 0 Å². The van der Waals surface area contributed by atoms with E-state index in [-0.39, 0.29) is 11.6 Å². The Morgan fingerprint density at radius 2 is 1.71 bits per heavy atom. The first-order valence-corrected chi connectivity index (χ1v) is 8.77. The van der Waals surface area contributed by atoms with Crippen LogP contribution in [0.25, 0.3) is 0 Å². The van der Waals surface area contributed by atoms with Crippen LogP contribution in [0.2, 0.25) is 0 Å². The van der Waals surface area contributed by atoms with Gasteiger partial charge < -0.3 is 4.74 Å². The van der Waals surface area contributed by atoms with Crippen LogP contribution in [0, 0.1) is 5.82 Å². The quantitative estimate of drug-likeness (QED) is 0.708. The number of alkyl halides is 6. The largest absolute Gasteiger partial charge is 0.468 e. The maximum Gasteiger partial charge on any atom is 0.422 e. The average Bonchev–Trinajstić information content (AvgIpc) is 2.57. The Morgan fingerprint density at radius 3 is 2.32 bits per heavy atom. The van der Waals surface area contributed by atoms with Crippen molar-refractivity contribution >= 4 is 10.0 Å². The summed E-state index contributed by atoms with van der Waals surface area (Å²) in [6.45, 7) is -2.09. The van der Waals surface area contributed by atoms with Crippen LogP contribution < -0.4 is 9.46 Å². The molecule has 2 rings (SSSR count). The van der Waals surface area contributed by atoms with E-state index in [2.05, 4.69) is 9.72 Å². The number of hydrogen-bond donors (Lipinski definition) is 1. The topological polar surface area (TPSA) is 68.3 Å². The molecule has 1 heterocycles. The molecule has 28 heavy (non-hydrogen) atoms. The molecule has 5 nitrogen and oxygen atoms in total. The zero-order chi connectivity index (χ0) is 21.2. The van der Waals surface area contributed by atoms with Gasteiger partial charge in [0.15, 0.2) is 6.61 Å². The first kappa shape index (κ1) is 21.9. The Bertz CT molecular complexity index is 943. The molecule has 154 valence electrons. The first-order valence-electron chi connectivity index (χ1n) is 7.29. The van der Waals surface area contributed by atoms with E-state index in [0.29, 0.717) is 12.1 Å². The third kappa shape index (κ3) is 6.05. The number of rotatable bonds is 6. The van der Waals surface area contributed by atoms with E-state index in [1.54, 1.807) is 0 Å². The van der Waals surface area contributed by atoms with Gasteiger partial charge in [-0.2, -0.15) is 26.3 Å². The van der Waals surface area contributed by atoms with Crippen LogP contribution in [-0.2, 0) is 22.7 Å². The number of hydrogen-bond acceptors (Lipinski definition) is 4. The average molecular weight is 432 g/mol. The van der Waals surface area contributed by atoms with Gasteiger partial charge in [-0.3, -0.25) is 0 Å². The van der Waals surface area contributed by atoms with Gasteiger partial charge >= 0.3 is 12.4 Å². The maximum atomic E-state index is 13.3. The fraction of sp³-hybridized carbons (Fsp3) is 0.267. The molecule has 0 saturated carbocycles. The van der Waals surface area contributed by atoms with Crippen molar-refractivity contribution in [2.24, 2.45) is 0 Å². The summed E-state index contributed by atoms with van der Waals surface area (Å²) in [5, 5.41) is 0. The number of halogens is 7. The van der Waals surface area contributed by atoms with Crippen LogP contribution in [-0.4, -0.2) is 26.2 Å². The number of benzene rings is 1. The van der Waals surface area contributed by atoms with Crippen molar-refractivity contribution in [3.8, 4) is 5.88 Å². The molecular weight excluding hydrogens is 421 g/mol. The number of ether oxygens (including phenoxy) is 1. The lowest BCUT2D eigenvalue weighted by Gasteiger charge is -2.12. The van der Waals surface area contributed by atoms with E-state index in [1.807, 2.05) is 4.72 Å². The summed E-state index contributed by atoms with van der Waals surface area (Å²) in [5.41, 5.74) is -1.61. The van der Waals surface area contributed by atoms with Gasteiger partial charge in [-0.1, -0.05) is 0 Å². The molecule has 0 fully saturated rings. The molecule has 0 unspecified atom stereocenters. The normalized spacial score (nSPS) is 12.8. The van der Waals surface area contributed by atoms with Crippen LogP contribution in [0.1, 0.15) is 11.1 Å². The minimum absolute atomic E-state index is 0.133. The van der Waals surface area contributed by atoms with E-state index in [9.17, 15) is 39.2 Å². The molecular formula is C15H11F7N2O3S. The van der Waals surface area contributed by atoms with Gasteiger partial charge in [0.1, 0.15) is 5.82 Å². The maximum absolute atomic E-state index is 13.3. The summed E-state index contributed by atoms with van der Waals surface area (Å²) in [5.74, 6) is -2.05. The second kappa shape index (κ2) is 7.91. The second-order valence-electron chi connectivity index (χ2n) is 5.37. The molecule has 1 aromatic carbocycles. The summed E-state index contributed by atoms with van der Waals surface area (Å²) in [7, 11) is -4.46. The van der Waals surface area contributed by atoms with Crippen LogP contribution in [0.4, 0.5) is 30.7 Å². The lowest BCUT2D eigenvalue weighted by Crippen LogP contribution is -2.24. The molecule has 0 bridgehead atoms. The van der Waals surface area contributed by atoms with Gasteiger partial charge in [-0.15, -0.1) is 0 Å². The first-order chi connectivity index (χ1) is 12.8. The molecule has 0 spiro atoms. The number of nitrogens with zero attached hydrogens (tertiary/aromatic N) is 1. The van der Waals surface area contributed by atoms with Crippen LogP contribution in [0.15, 0.2) is 41.4 Å². The van der Waals surface area contributed by atoms with Gasteiger partial charge in [0.2, 0.25) is 15.9 Å². The van der Waals surface area contributed by atoms with Gasteiger partial charge in [0, 0.05) is 18.8 Å². The summed E-state index contributed by atoms with van der Waals surface area (Å²) in [6, 6.07) is 3.45. The predicted molar refractivity (Wildman–Crippen MR) is 81.2 cm³/mol. The fourth-order valence-electron chi connectivity index (χ4n) is 1.95. The third-order valence-corrected chi connectivity index (χ3v) is 4.60. The zero-order valence-corrected chi connectivity index (χ0v) is 14.4. The highest BCUT2D eigenvalue weighted by Crippen LogP contribution is 2.32. The van der Waals surface area contributed by atoms with E-state index < -0.39 is 57.7 Å². The number of pyridine rings is 1. The molecule has 1 N–H and O–H groups in total. The highest BCUT2D eigenvalue weighted by Gasteiger charge is 2.35. The minimum Gasteiger partial charge on any atom is -0.468 e. The van der Waals surface area contributed by atoms with Gasteiger partial charge in [-0.25, -0.2) is 22.5 Å². The van der Waals surface area contributed by atoms with Crippen LogP contribution in [0.3, 0.4) is 0 Å². The van der Waals surface area contributed by atoms with Crippen LogP contribution in [0.5, 0.6) is 5.88 Å². The molecule has 0 aliphatic carbocycles. The Balaban J connectivity index is 2.14. The van der Waals surface area contributed by atoms with Crippen molar-refractivity contribution in [2.45, 2.75) is 23.8 Å². The molecule has 2 aromatic rings. The van der Waals surface area contributed by atoms with Crippen molar-refractivity contribution < 1.29 is 43.9 Å². The molecule has 0 atom stereocenters. The Labute approximate surface area is 154 Å². The van der Waals surface area contributed by atoms with Crippen LogP contribution >= 0.6 is 0 Å². The van der Waals surface area contributed by atoms with Crippen molar-refractivity contribution in [3.05, 3.63) is 53.5 Å². The van der Waals surface area contributed by atoms with Gasteiger partial charge in [-0.05, 0) is 29.8 Å². The molecule has 0 saturated heterocycles. The SMILES string of the molecule is O=S(=O)(NCc1ccnc(OCC(F)(F)F)c1)c1ccc(F)c(C(F)(F)F)c1. The smallest absolute Gasteiger partial charge is 0.422 e. The minimum atomic E-state index is -5.09. The summed E-state index contributed by atoms with van der Waals surface area (Å²) in [4.78, 5) is 2.70. The Morgan fingerprint density at radius 1 is 1.04 bits per heavy atom. The lowest BCUT2D eigenvalue weighted by atomic mass is 10.2. The Kier molecular flexibility index (Phi) is 6.18. The summed E-state index contributed by atoms with van der Waals surface area (Å²) >= 11 is 0. The molecule has 13 heteroatoms. The highest BCUT2D eigenvalue weighted by atomic mass is 32.2.